The highest BCUT2D eigenvalue weighted by Crippen LogP contribution is 2.43. The maximum Gasteiger partial charge on any atom is 0.293 e. The lowest BCUT2D eigenvalue weighted by Gasteiger charge is -2.30. The first-order valence-corrected chi connectivity index (χ1v) is 8.93. The molecule has 5 rings (SSSR count). The van der Waals surface area contributed by atoms with Gasteiger partial charge in [-0.25, -0.2) is 4.39 Å². The van der Waals surface area contributed by atoms with Crippen molar-refractivity contribution in [3.63, 3.8) is 0 Å². The topological polar surface area (TPSA) is 106 Å². The average Bonchev–Trinajstić information content (AvgIpc) is 3.16. The normalized spacial score (nSPS) is 24.7. The van der Waals surface area contributed by atoms with Crippen molar-refractivity contribution in [3.8, 4) is 5.75 Å². The van der Waals surface area contributed by atoms with Crippen molar-refractivity contribution >= 4 is 27.7 Å². The Morgan fingerprint density at radius 1 is 1.30 bits per heavy atom. The molecular formula is C18H19FN4O4. The number of nitrogens with one attached hydrogen (secondary N) is 1. The lowest BCUT2D eigenvalue weighted by atomic mass is 10.1. The van der Waals surface area contributed by atoms with Crippen LogP contribution in [0.25, 0.3) is 22.0 Å². The third-order valence-corrected chi connectivity index (χ3v) is 5.69. The standard InChI is InChI=1S/C18H19FN4O4/c1-7-4-22(5-11(7)20)14-10(19)3-9-13-16(14)26-6-8(2)23(13)18-12(15(9)24)17(25)21-27-18/h3,7-8,11H,4-6,20H2,1-2H3,(H,21,25). The van der Waals surface area contributed by atoms with Crippen molar-refractivity contribution in [2.45, 2.75) is 25.9 Å². The number of nitrogens with two attached hydrogens (primary N) is 1. The van der Waals surface area contributed by atoms with Gasteiger partial charge in [0.1, 0.15) is 17.8 Å². The first kappa shape index (κ1) is 16.4. The summed E-state index contributed by atoms with van der Waals surface area (Å²) in [4.78, 5) is 26.8. The van der Waals surface area contributed by atoms with E-state index in [1.54, 1.807) is 4.57 Å². The second-order valence-corrected chi connectivity index (χ2v) is 7.55. The summed E-state index contributed by atoms with van der Waals surface area (Å²) < 4.78 is 28.0. The first-order chi connectivity index (χ1) is 12.9. The highest BCUT2D eigenvalue weighted by molar-refractivity contribution is 5.98. The molecule has 1 saturated heterocycles. The number of H-pyrrole nitrogens is 1. The number of halogens is 1. The van der Waals surface area contributed by atoms with Gasteiger partial charge in [0, 0.05) is 19.1 Å². The van der Waals surface area contributed by atoms with Crippen molar-refractivity contribution in [1.29, 1.82) is 0 Å². The van der Waals surface area contributed by atoms with E-state index < -0.39 is 16.8 Å². The van der Waals surface area contributed by atoms with E-state index >= 15 is 4.39 Å². The molecule has 0 bridgehead atoms. The summed E-state index contributed by atoms with van der Waals surface area (Å²) >= 11 is 0. The van der Waals surface area contributed by atoms with Crippen LogP contribution in [-0.2, 0) is 0 Å². The molecule has 3 N–H and O–H groups in total. The molecule has 0 aliphatic carbocycles. The Hall–Kier alpha value is -2.81. The van der Waals surface area contributed by atoms with Crippen LogP contribution in [0.15, 0.2) is 20.2 Å². The van der Waals surface area contributed by atoms with Crippen LogP contribution in [0.3, 0.4) is 0 Å². The molecule has 2 aliphatic rings. The zero-order valence-corrected chi connectivity index (χ0v) is 14.9. The second kappa shape index (κ2) is 5.35. The lowest BCUT2D eigenvalue weighted by Crippen LogP contribution is -2.30. The quantitative estimate of drug-likeness (QED) is 0.665. The van der Waals surface area contributed by atoms with E-state index in [4.69, 9.17) is 15.0 Å². The van der Waals surface area contributed by atoms with Crippen LogP contribution < -0.4 is 26.4 Å². The number of anilines is 1. The Balaban J connectivity index is 1.92. The van der Waals surface area contributed by atoms with Gasteiger partial charge in [-0.05, 0) is 18.9 Å². The van der Waals surface area contributed by atoms with Crippen molar-refractivity contribution in [2.75, 3.05) is 24.6 Å². The SMILES string of the molecule is CC1CN(c2c(F)cc3c(=O)c4c(=O)[nH]oc4n4c3c2OCC4C)CC1N. The van der Waals surface area contributed by atoms with Crippen molar-refractivity contribution in [3.05, 3.63) is 32.5 Å². The number of ether oxygens (including phenoxy) is 1. The molecule has 3 aromatic rings. The number of benzene rings is 1. The number of aromatic amines is 1. The fraction of sp³-hybridized carbons (Fsp3) is 0.444. The maximum atomic E-state index is 15.1. The molecule has 4 heterocycles. The molecule has 1 aromatic carbocycles. The third kappa shape index (κ3) is 2.05. The molecule has 9 heteroatoms. The van der Waals surface area contributed by atoms with E-state index in [-0.39, 0.29) is 41.1 Å². The number of rotatable bonds is 1. The summed E-state index contributed by atoms with van der Waals surface area (Å²) in [7, 11) is 0. The zero-order chi connectivity index (χ0) is 19.0. The molecule has 0 saturated carbocycles. The fourth-order valence-corrected chi connectivity index (χ4v) is 4.22. The van der Waals surface area contributed by atoms with Gasteiger partial charge in [0.05, 0.1) is 11.4 Å². The van der Waals surface area contributed by atoms with Gasteiger partial charge in [-0.3, -0.25) is 14.2 Å². The molecule has 8 nitrogen and oxygen atoms in total. The number of aromatic nitrogens is 2. The van der Waals surface area contributed by atoms with Crippen molar-refractivity contribution < 1.29 is 13.7 Å². The van der Waals surface area contributed by atoms with Gasteiger partial charge in [0.2, 0.25) is 11.1 Å². The van der Waals surface area contributed by atoms with Gasteiger partial charge in [-0.1, -0.05) is 6.92 Å². The summed E-state index contributed by atoms with van der Waals surface area (Å²) in [5, 5.41) is 2.21. The van der Waals surface area contributed by atoms with E-state index in [9.17, 15) is 9.59 Å². The maximum absolute atomic E-state index is 15.1. The Morgan fingerprint density at radius 2 is 2.07 bits per heavy atom. The van der Waals surface area contributed by atoms with Crippen LogP contribution in [0.5, 0.6) is 5.75 Å². The van der Waals surface area contributed by atoms with E-state index in [0.717, 1.165) is 0 Å². The minimum atomic E-state index is -0.621. The number of hydrogen-bond donors (Lipinski definition) is 2. The molecule has 3 unspecified atom stereocenters. The van der Waals surface area contributed by atoms with Gasteiger partial charge in [0.15, 0.2) is 17.0 Å². The summed E-state index contributed by atoms with van der Waals surface area (Å²) in [5.74, 6) is -0.0503. The van der Waals surface area contributed by atoms with Gasteiger partial charge in [-0.2, -0.15) is 5.16 Å². The van der Waals surface area contributed by atoms with Gasteiger partial charge in [0.25, 0.3) is 5.56 Å². The minimum Gasteiger partial charge on any atom is -0.487 e. The number of nitrogens with zero attached hydrogens (tertiary/aromatic N) is 2. The van der Waals surface area contributed by atoms with E-state index in [1.807, 2.05) is 18.7 Å². The molecule has 2 aromatic heterocycles. The van der Waals surface area contributed by atoms with Gasteiger partial charge >= 0.3 is 0 Å². The van der Waals surface area contributed by atoms with Crippen LogP contribution in [-0.4, -0.2) is 35.5 Å². The number of fused-ring (bicyclic) bond motifs is 2. The summed E-state index contributed by atoms with van der Waals surface area (Å²) in [6.45, 7) is 5.27. The average molecular weight is 374 g/mol. The molecule has 142 valence electrons. The summed E-state index contributed by atoms with van der Waals surface area (Å²) in [5.41, 5.74) is 5.83. The number of pyridine rings is 1. The Morgan fingerprint density at radius 3 is 2.78 bits per heavy atom. The molecule has 3 atom stereocenters. The minimum absolute atomic E-state index is 0.0674. The van der Waals surface area contributed by atoms with Crippen molar-refractivity contribution in [1.82, 2.24) is 9.72 Å². The highest BCUT2D eigenvalue weighted by atomic mass is 19.1. The third-order valence-electron chi connectivity index (χ3n) is 5.69. The zero-order valence-electron chi connectivity index (χ0n) is 14.9. The Labute approximate surface area is 152 Å². The van der Waals surface area contributed by atoms with E-state index in [0.29, 0.717) is 30.0 Å². The molecule has 0 radical (unpaired) electrons. The summed E-state index contributed by atoms with van der Waals surface area (Å²) in [6.07, 6.45) is 0. The first-order valence-electron chi connectivity index (χ1n) is 8.93. The van der Waals surface area contributed by atoms with Gasteiger partial charge < -0.3 is 19.9 Å². The van der Waals surface area contributed by atoms with Crippen LogP contribution in [0.4, 0.5) is 10.1 Å². The predicted molar refractivity (Wildman–Crippen MR) is 98.1 cm³/mol. The van der Waals surface area contributed by atoms with Gasteiger partial charge in [-0.15, -0.1) is 0 Å². The monoisotopic (exact) mass is 374 g/mol. The van der Waals surface area contributed by atoms with E-state index in [2.05, 4.69) is 5.16 Å². The Bertz CT molecular complexity index is 1200. The fourth-order valence-electron chi connectivity index (χ4n) is 4.22. The molecule has 2 aliphatic heterocycles. The predicted octanol–water partition coefficient (Wildman–Crippen LogP) is 1.31. The molecule has 0 amide bonds. The molecule has 27 heavy (non-hydrogen) atoms. The molecular weight excluding hydrogens is 355 g/mol. The number of hydrogen-bond acceptors (Lipinski definition) is 6. The second-order valence-electron chi connectivity index (χ2n) is 7.55. The summed E-state index contributed by atoms with van der Waals surface area (Å²) in [6, 6.07) is 0.928. The highest BCUT2D eigenvalue weighted by Gasteiger charge is 2.35. The molecule has 1 fully saturated rings. The lowest BCUT2D eigenvalue weighted by molar-refractivity contribution is 0.244. The molecule has 0 spiro atoms. The van der Waals surface area contributed by atoms with E-state index in [1.165, 1.54) is 6.07 Å². The van der Waals surface area contributed by atoms with Crippen LogP contribution in [0.1, 0.15) is 19.9 Å². The van der Waals surface area contributed by atoms with Crippen LogP contribution >= 0.6 is 0 Å². The smallest absolute Gasteiger partial charge is 0.293 e. The van der Waals surface area contributed by atoms with Crippen molar-refractivity contribution in [2.24, 2.45) is 11.7 Å². The largest absolute Gasteiger partial charge is 0.487 e. The Kier molecular flexibility index (Phi) is 3.24. The van der Waals surface area contributed by atoms with Crippen LogP contribution in [0.2, 0.25) is 0 Å². The van der Waals surface area contributed by atoms with Crippen LogP contribution in [0, 0.1) is 11.7 Å².